The van der Waals surface area contributed by atoms with Crippen molar-refractivity contribution in [3.8, 4) is 28.3 Å². The first-order chi connectivity index (χ1) is 17.1. The van der Waals surface area contributed by atoms with E-state index in [1.54, 1.807) is 12.1 Å². The highest BCUT2D eigenvalue weighted by molar-refractivity contribution is 5.75. The van der Waals surface area contributed by atoms with E-state index in [4.69, 9.17) is 14.1 Å². The number of ether oxygens (including phenoxy) is 1. The molecule has 0 amide bonds. The van der Waals surface area contributed by atoms with E-state index in [0.717, 1.165) is 34.6 Å². The van der Waals surface area contributed by atoms with Crippen LogP contribution in [0, 0.1) is 5.41 Å². The maximum atomic E-state index is 12.8. The smallest absolute Gasteiger partial charge is 0.492 e. The van der Waals surface area contributed by atoms with Crippen molar-refractivity contribution in [2.24, 2.45) is 5.41 Å². The molecule has 1 aromatic heterocycles. The topological polar surface area (TPSA) is 77.7 Å². The van der Waals surface area contributed by atoms with E-state index in [9.17, 15) is 18.0 Å². The molecule has 1 heterocycles. The average molecular weight is 504 g/mol. The number of hydroxylamine groups is 2. The Hall–Kier alpha value is -3.40. The summed E-state index contributed by atoms with van der Waals surface area (Å²) in [7, 11) is 0. The number of nitrogens with zero attached hydrogens (tertiary/aromatic N) is 3. The van der Waals surface area contributed by atoms with Crippen LogP contribution in [0.25, 0.3) is 22.5 Å². The second-order valence-electron chi connectivity index (χ2n) is 9.62. The molecule has 0 radical (unpaired) electrons. The summed E-state index contributed by atoms with van der Waals surface area (Å²) in [6.07, 6.45) is -0.800. The van der Waals surface area contributed by atoms with E-state index in [0.29, 0.717) is 24.4 Å². The lowest BCUT2D eigenvalue weighted by molar-refractivity contribution is -0.250. The molecular weight excluding hydrogens is 475 g/mol. The van der Waals surface area contributed by atoms with Crippen LogP contribution in [-0.2, 0) is 9.63 Å². The lowest BCUT2D eigenvalue weighted by atomic mass is 9.75. The van der Waals surface area contributed by atoms with Gasteiger partial charge in [-0.15, -0.1) is 5.06 Å². The summed E-state index contributed by atoms with van der Waals surface area (Å²) in [4.78, 5) is 20.3. The summed E-state index contributed by atoms with van der Waals surface area (Å²) in [5, 5.41) is 4.99. The zero-order valence-corrected chi connectivity index (χ0v) is 20.1. The lowest BCUT2D eigenvalue weighted by Gasteiger charge is -2.38. The minimum atomic E-state index is -5.05. The van der Waals surface area contributed by atoms with Gasteiger partial charge in [0.15, 0.2) is 0 Å². The number of rotatable bonds is 8. The molecule has 3 aromatic rings. The van der Waals surface area contributed by atoms with Crippen LogP contribution in [0.3, 0.4) is 0 Å². The number of halogens is 3. The molecule has 0 N–H and O–H groups in total. The fraction of sp³-hybridized carbons (Fsp3) is 0.423. The highest BCUT2D eigenvalue weighted by Gasteiger charge is 2.44. The van der Waals surface area contributed by atoms with E-state index in [1.165, 1.54) is 6.39 Å². The molecular formula is C26H28F3N3O4. The predicted octanol–water partition coefficient (Wildman–Crippen LogP) is 6.07. The summed E-state index contributed by atoms with van der Waals surface area (Å²) < 4.78 is 49.0. The Kier molecular flexibility index (Phi) is 7.63. The van der Waals surface area contributed by atoms with Gasteiger partial charge < -0.3 is 14.1 Å². The molecule has 0 atom stereocenters. The van der Waals surface area contributed by atoms with Crippen molar-refractivity contribution in [1.82, 2.24) is 15.2 Å². The van der Waals surface area contributed by atoms with Crippen molar-refractivity contribution in [2.75, 3.05) is 13.2 Å². The highest BCUT2D eigenvalue weighted by atomic mass is 19.4. The molecule has 10 heteroatoms. The van der Waals surface area contributed by atoms with Crippen LogP contribution in [0.15, 0.2) is 59.4 Å². The van der Waals surface area contributed by atoms with Gasteiger partial charge in [0, 0.05) is 11.6 Å². The Morgan fingerprint density at radius 1 is 1.08 bits per heavy atom. The molecule has 1 saturated carbocycles. The van der Waals surface area contributed by atoms with Crippen LogP contribution in [0.1, 0.15) is 39.5 Å². The summed E-state index contributed by atoms with van der Waals surface area (Å²) in [5.74, 6) is -1.16. The molecule has 0 spiro atoms. The Bertz CT molecular complexity index is 1140. The van der Waals surface area contributed by atoms with Gasteiger partial charge in [-0.1, -0.05) is 49.3 Å². The minimum absolute atomic E-state index is 0.0292. The van der Waals surface area contributed by atoms with Gasteiger partial charge in [-0.2, -0.15) is 18.2 Å². The SMILES string of the molecule is CC1(C)CCC(N(CCOc2ccc(-c3cccc(-c4ncon4)c3)cc2)OC(=O)C(F)(F)F)CC1. The van der Waals surface area contributed by atoms with Gasteiger partial charge in [0.1, 0.15) is 12.4 Å². The summed E-state index contributed by atoms with van der Waals surface area (Å²) in [5.41, 5.74) is 2.84. The third-order valence-electron chi connectivity index (χ3n) is 6.40. The van der Waals surface area contributed by atoms with Crippen molar-refractivity contribution in [2.45, 2.75) is 51.7 Å². The fourth-order valence-electron chi connectivity index (χ4n) is 4.27. The lowest BCUT2D eigenvalue weighted by Crippen LogP contribution is -2.45. The second kappa shape index (κ2) is 10.7. The summed E-state index contributed by atoms with van der Waals surface area (Å²) >= 11 is 0. The Morgan fingerprint density at radius 2 is 1.78 bits per heavy atom. The number of carbonyl (C=O) groups excluding carboxylic acids is 1. The normalized spacial score (nSPS) is 16.2. The summed E-state index contributed by atoms with van der Waals surface area (Å²) in [6.45, 7) is 4.35. The van der Waals surface area contributed by atoms with E-state index in [-0.39, 0.29) is 24.6 Å². The van der Waals surface area contributed by atoms with E-state index >= 15 is 0 Å². The number of hydrogen-bond donors (Lipinski definition) is 0. The predicted molar refractivity (Wildman–Crippen MR) is 126 cm³/mol. The number of aromatic nitrogens is 2. The molecule has 2 aromatic carbocycles. The standard InChI is InChI=1S/C26H28F3N3O4/c1-25(2)12-10-21(11-13-25)32(36-24(33)26(27,28)29)14-15-34-22-8-6-18(7-9-22)19-4-3-5-20(16-19)23-30-17-35-31-23/h3-9,16-17,21H,10-15H2,1-2H3. The molecule has 192 valence electrons. The van der Waals surface area contributed by atoms with E-state index in [2.05, 4.69) is 24.0 Å². The largest absolute Gasteiger partial charge is 0.492 e. The first-order valence-electron chi connectivity index (χ1n) is 11.8. The highest BCUT2D eigenvalue weighted by Crippen LogP contribution is 2.37. The van der Waals surface area contributed by atoms with Gasteiger partial charge >= 0.3 is 12.1 Å². The molecule has 1 aliphatic rings. The first-order valence-corrected chi connectivity index (χ1v) is 11.8. The molecule has 0 saturated heterocycles. The maximum absolute atomic E-state index is 12.8. The van der Waals surface area contributed by atoms with Crippen molar-refractivity contribution in [1.29, 1.82) is 0 Å². The van der Waals surface area contributed by atoms with Crippen molar-refractivity contribution < 1.29 is 32.1 Å². The quantitative estimate of drug-likeness (QED) is 0.345. The van der Waals surface area contributed by atoms with Crippen molar-refractivity contribution in [3.05, 3.63) is 54.9 Å². The fourth-order valence-corrected chi connectivity index (χ4v) is 4.27. The molecule has 7 nitrogen and oxygen atoms in total. The van der Waals surface area contributed by atoms with Crippen molar-refractivity contribution in [3.63, 3.8) is 0 Å². The average Bonchev–Trinajstić information content (AvgIpc) is 3.39. The molecule has 0 aliphatic heterocycles. The van der Waals surface area contributed by atoms with E-state index in [1.807, 2.05) is 36.4 Å². The van der Waals surface area contributed by atoms with Crippen LogP contribution in [0.5, 0.6) is 5.75 Å². The molecule has 1 aliphatic carbocycles. The molecule has 4 rings (SSSR count). The molecule has 1 fully saturated rings. The third kappa shape index (κ3) is 6.63. The van der Waals surface area contributed by atoms with Crippen molar-refractivity contribution >= 4 is 5.97 Å². The van der Waals surface area contributed by atoms with Gasteiger partial charge in [0.05, 0.1) is 6.54 Å². The Balaban J connectivity index is 1.37. The Morgan fingerprint density at radius 3 is 2.42 bits per heavy atom. The van der Waals surface area contributed by atoms with E-state index < -0.39 is 12.1 Å². The number of carbonyl (C=O) groups is 1. The van der Waals surface area contributed by atoms with Crippen LogP contribution >= 0.6 is 0 Å². The van der Waals surface area contributed by atoms with Gasteiger partial charge in [-0.25, -0.2) is 4.79 Å². The van der Waals surface area contributed by atoms with Crippen LogP contribution < -0.4 is 4.74 Å². The minimum Gasteiger partial charge on any atom is -0.492 e. The zero-order chi connectivity index (χ0) is 25.8. The van der Waals surface area contributed by atoms with Gasteiger partial charge in [0.2, 0.25) is 12.2 Å². The molecule has 36 heavy (non-hydrogen) atoms. The number of alkyl halides is 3. The monoisotopic (exact) mass is 503 g/mol. The van der Waals surface area contributed by atoms with Crippen LogP contribution in [-0.4, -0.2) is 46.5 Å². The number of benzene rings is 2. The zero-order valence-electron chi connectivity index (χ0n) is 20.1. The molecule has 0 bridgehead atoms. The second-order valence-corrected chi connectivity index (χ2v) is 9.62. The van der Waals surface area contributed by atoms with Gasteiger partial charge in [-0.3, -0.25) is 0 Å². The Labute approximate surface area is 207 Å². The maximum Gasteiger partial charge on any atom is 0.492 e. The number of hydrogen-bond acceptors (Lipinski definition) is 7. The van der Waals surface area contributed by atoms with Crippen LogP contribution in [0.4, 0.5) is 13.2 Å². The third-order valence-corrected chi connectivity index (χ3v) is 6.40. The molecule has 0 unspecified atom stereocenters. The first kappa shape index (κ1) is 25.7. The summed E-state index contributed by atoms with van der Waals surface area (Å²) in [6, 6.07) is 14.7. The van der Waals surface area contributed by atoms with Crippen LogP contribution in [0.2, 0.25) is 0 Å². The van der Waals surface area contributed by atoms with Gasteiger partial charge in [0.25, 0.3) is 0 Å². The van der Waals surface area contributed by atoms with Gasteiger partial charge in [-0.05, 0) is 60.4 Å².